The minimum atomic E-state index is -4.13. The zero-order valence-corrected chi connectivity index (χ0v) is 12.7. The predicted molar refractivity (Wildman–Crippen MR) is 76.3 cm³/mol. The number of aryl methyl sites for hydroxylation is 2. The molecular formula is C14H23F3N4. The highest BCUT2D eigenvalue weighted by Gasteiger charge is 2.42. The Morgan fingerprint density at radius 2 is 2.10 bits per heavy atom. The second kappa shape index (κ2) is 5.87. The number of anilines is 1. The molecule has 1 saturated heterocycles. The van der Waals surface area contributed by atoms with E-state index in [1.54, 1.807) is 11.7 Å². The molecule has 2 heterocycles. The van der Waals surface area contributed by atoms with Crippen molar-refractivity contribution in [3.63, 3.8) is 0 Å². The van der Waals surface area contributed by atoms with Crippen molar-refractivity contribution in [1.29, 1.82) is 0 Å². The van der Waals surface area contributed by atoms with Crippen LogP contribution in [0.3, 0.4) is 0 Å². The number of hydrogen-bond acceptors (Lipinski definition) is 3. The Morgan fingerprint density at radius 3 is 2.67 bits per heavy atom. The molecular weight excluding hydrogens is 281 g/mol. The van der Waals surface area contributed by atoms with E-state index in [4.69, 9.17) is 5.73 Å². The van der Waals surface area contributed by atoms with Gasteiger partial charge < -0.3 is 10.6 Å². The molecule has 1 aromatic heterocycles. The zero-order chi connectivity index (χ0) is 15.8. The van der Waals surface area contributed by atoms with Crippen LogP contribution >= 0.6 is 0 Å². The first-order valence-corrected chi connectivity index (χ1v) is 7.30. The van der Waals surface area contributed by atoms with E-state index in [-0.39, 0.29) is 19.0 Å². The topological polar surface area (TPSA) is 47.1 Å². The molecule has 1 aliphatic rings. The Balaban J connectivity index is 2.28. The lowest BCUT2D eigenvalue weighted by Gasteiger charge is -2.35. The minimum absolute atomic E-state index is 0.00836. The van der Waals surface area contributed by atoms with Crippen LogP contribution in [0.5, 0.6) is 0 Å². The lowest BCUT2D eigenvalue weighted by Crippen LogP contribution is -2.43. The van der Waals surface area contributed by atoms with Gasteiger partial charge in [0.05, 0.1) is 11.6 Å². The number of piperidine rings is 1. The van der Waals surface area contributed by atoms with E-state index in [9.17, 15) is 13.2 Å². The third-order valence-electron chi connectivity index (χ3n) is 4.02. The van der Waals surface area contributed by atoms with E-state index in [0.717, 1.165) is 17.1 Å². The first kappa shape index (κ1) is 16.1. The van der Waals surface area contributed by atoms with Gasteiger partial charge in [-0.15, -0.1) is 0 Å². The average molecular weight is 304 g/mol. The van der Waals surface area contributed by atoms with Gasteiger partial charge in [0.15, 0.2) is 0 Å². The molecule has 7 heteroatoms. The van der Waals surface area contributed by atoms with Gasteiger partial charge >= 0.3 is 6.18 Å². The van der Waals surface area contributed by atoms with Gasteiger partial charge in [0.1, 0.15) is 5.82 Å². The van der Waals surface area contributed by atoms with Crippen molar-refractivity contribution >= 4 is 5.82 Å². The Bertz CT molecular complexity index is 493. The van der Waals surface area contributed by atoms with Crippen LogP contribution in [0, 0.1) is 12.8 Å². The van der Waals surface area contributed by atoms with Crippen LogP contribution in [0.25, 0.3) is 0 Å². The molecule has 120 valence electrons. The van der Waals surface area contributed by atoms with E-state index < -0.39 is 12.1 Å². The van der Waals surface area contributed by atoms with E-state index >= 15 is 0 Å². The van der Waals surface area contributed by atoms with Crippen molar-refractivity contribution in [2.24, 2.45) is 18.7 Å². The summed E-state index contributed by atoms with van der Waals surface area (Å²) in [6.07, 6.45) is -2.75. The fourth-order valence-corrected chi connectivity index (χ4v) is 3.08. The van der Waals surface area contributed by atoms with Gasteiger partial charge in [0.25, 0.3) is 0 Å². The van der Waals surface area contributed by atoms with Gasteiger partial charge in [0.2, 0.25) is 0 Å². The normalized spacial score (nSPS) is 21.7. The molecule has 1 aromatic rings. The fraction of sp³-hybridized carbons (Fsp3) is 0.786. The molecule has 0 aromatic carbocycles. The van der Waals surface area contributed by atoms with Crippen LogP contribution in [-0.4, -0.2) is 35.1 Å². The summed E-state index contributed by atoms with van der Waals surface area (Å²) >= 11 is 0. The van der Waals surface area contributed by atoms with Crippen LogP contribution in [0.4, 0.5) is 19.0 Å². The standard InChI is InChI=1S/C14H23F3N4/c1-9(18)7-12-10(2)19-20(3)13(12)21-6-4-5-11(8-21)14(15,16)17/h9,11H,4-8,18H2,1-3H3. The van der Waals surface area contributed by atoms with Crippen molar-refractivity contribution in [3.05, 3.63) is 11.3 Å². The van der Waals surface area contributed by atoms with Gasteiger partial charge in [-0.25, -0.2) is 0 Å². The van der Waals surface area contributed by atoms with Crippen molar-refractivity contribution in [1.82, 2.24) is 9.78 Å². The van der Waals surface area contributed by atoms with E-state index in [1.165, 1.54) is 0 Å². The minimum Gasteiger partial charge on any atom is -0.356 e. The number of halogens is 3. The number of alkyl halides is 3. The van der Waals surface area contributed by atoms with Crippen molar-refractivity contribution in [2.45, 2.75) is 45.3 Å². The fourth-order valence-electron chi connectivity index (χ4n) is 3.08. The summed E-state index contributed by atoms with van der Waals surface area (Å²) in [4.78, 5) is 1.82. The van der Waals surface area contributed by atoms with Crippen LogP contribution < -0.4 is 10.6 Å². The molecule has 1 fully saturated rings. The summed E-state index contributed by atoms with van der Waals surface area (Å²) in [5, 5.41) is 4.36. The number of rotatable bonds is 3. The lowest BCUT2D eigenvalue weighted by molar-refractivity contribution is -0.176. The molecule has 0 aliphatic carbocycles. The van der Waals surface area contributed by atoms with Gasteiger partial charge in [-0.05, 0) is 33.1 Å². The summed E-state index contributed by atoms with van der Waals surface area (Å²) in [5.41, 5.74) is 7.68. The molecule has 21 heavy (non-hydrogen) atoms. The third kappa shape index (κ3) is 3.51. The molecule has 0 bridgehead atoms. The van der Waals surface area contributed by atoms with Crippen LogP contribution in [0.2, 0.25) is 0 Å². The number of hydrogen-bond donors (Lipinski definition) is 1. The van der Waals surface area contributed by atoms with E-state index in [0.29, 0.717) is 19.4 Å². The number of aromatic nitrogens is 2. The summed E-state index contributed by atoms with van der Waals surface area (Å²) in [5.74, 6) is -0.469. The summed E-state index contributed by atoms with van der Waals surface area (Å²) in [6, 6.07) is -0.0464. The van der Waals surface area contributed by atoms with Crippen molar-refractivity contribution < 1.29 is 13.2 Å². The maximum Gasteiger partial charge on any atom is 0.393 e. The molecule has 4 nitrogen and oxygen atoms in total. The zero-order valence-electron chi connectivity index (χ0n) is 12.7. The quantitative estimate of drug-likeness (QED) is 0.933. The second-order valence-corrected chi connectivity index (χ2v) is 6.02. The molecule has 2 atom stereocenters. The maximum atomic E-state index is 13.0. The molecule has 0 spiro atoms. The predicted octanol–water partition coefficient (Wildman–Crippen LogP) is 2.40. The maximum absolute atomic E-state index is 13.0. The Hall–Kier alpha value is -1.24. The average Bonchev–Trinajstić information content (AvgIpc) is 2.62. The monoisotopic (exact) mass is 304 g/mol. The summed E-state index contributed by atoms with van der Waals surface area (Å²) < 4.78 is 40.6. The second-order valence-electron chi connectivity index (χ2n) is 6.02. The first-order valence-electron chi connectivity index (χ1n) is 7.30. The van der Waals surface area contributed by atoms with Gasteiger partial charge in [-0.3, -0.25) is 4.68 Å². The van der Waals surface area contributed by atoms with Gasteiger partial charge in [-0.2, -0.15) is 18.3 Å². The van der Waals surface area contributed by atoms with Crippen LogP contribution in [-0.2, 0) is 13.5 Å². The smallest absolute Gasteiger partial charge is 0.356 e. The Morgan fingerprint density at radius 1 is 1.43 bits per heavy atom. The van der Waals surface area contributed by atoms with Crippen molar-refractivity contribution in [2.75, 3.05) is 18.0 Å². The molecule has 0 radical (unpaired) electrons. The summed E-state index contributed by atoms with van der Waals surface area (Å²) in [6.45, 7) is 4.42. The van der Waals surface area contributed by atoms with Gasteiger partial charge in [-0.1, -0.05) is 0 Å². The van der Waals surface area contributed by atoms with E-state index in [2.05, 4.69) is 5.10 Å². The third-order valence-corrected chi connectivity index (χ3v) is 4.02. The van der Waals surface area contributed by atoms with Crippen LogP contribution in [0.1, 0.15) is 31.0 Å². The number of nitrogens with two attached hydrogens (primary N) is 1. The molecule has 1 aliphatic heterocycles. The van der Waals surface area contributed by atoms with E-state index in [1.807, 2.05) is 18.7 Å². The van der Waals surface area contributed by atoms with Crippen molar-refractivity contribution in [3.8, 4) is 0 Å². The van der Waals surface area contributed by atoms with Gasteiger partial charge in [0, 0.05) is 31.7 Å². The largest absolute Gasteiger partial charge is 0.393 e. The highest BCUT2D eigenvalue weighted by atomic mass is 19.4. The molecule has 0 saturated carbocycles. The van der Waals surface area contributed by atoms with Crippen LogP contribution in [0.15, 0.2) is 0 Å². The lowest BCUT2D eigenvalue weighted by atomic mass is 9.96. The Kier molecular flexibility index (Phi) is 4.51. The highest BCUT2D eigenvalue weighted by Crippen LogP contribution is 2.36. The Labute approximate surface area is 123 Å². The SMILES string of the molecule is Cc1nn(C)c(N2CCCC(C(F)(F)F)C2)c1CC(C)N. The highest BCUT2D eigenvalue weighted by molar-refractivity contribution is 5.51. The number of nitrogens with zero attached hydrogens (tertiary/aromatic N) is 3. The molecule has 2 rings (SSSR count). The molecule has 2 unspecified atom stereocenters. The summed E-state index contributed by atoms with van der Waals surface area (Å²) in [7, 11) is 1.78. The molecule has 0 amide bonds. The molecule has 2 N–H and O–H groups in total. The first-order chi connectivity index (χ1) is 9.70.